The van der Waals surface area contributed by atoms with Crippen LogP contribution in [0.1, 0.15) is 75.8 Å². The quantitative estimate of drug-likeness (QED) is 0.0275. The van der Waals surface area contributed by atoms with Gasteiger partial charge >= 0.3 is 5.97 Å². The summed E-state index contributed by atoms with van der Waals surface area (Å²) < 4.78 is 85.1. The highest BCUT2D eigenvalue weighted by Gasteiger charge is 2.27. The summed E-state index contributed by atoms with van der Waals surface area (Å²) in [4.78, 5) is 11.3. The summed E-state index contributed by atoms with van der Waals surface area (Å²) in [5, 5.41) is 9.37. The summed E-state index contributed by atoms with van der Waals surface area (Å²) in [5.74, 6) is -10.4. The van der Waals surface area contributed by atoms with E-state index in [1.165, 1.54) is 31.4 Å². The van der Waals surface area contributed by atoms with Crippen molar-refractivity contribution < 1.29 is 41.0 Å². The molecule has 5 nitrogen and oxygen atoms in total. The zero-order valence-electron chi connectivity index (χ0n) is 23.3. The molecule has 10 heteroatoms. The van der Waals surface area contributed by atoms with Crippen LogP contribution in [0.25, 0.3) is 11.6 Å². The van der Waals surface area contributed by atoms with Gasteiger partial charge in [0.2, 0.25) is 5.82 Å². The molecule has 0 spiro atoms. The van der Waals surface area contributed by atoms with Crippen molar-refractivity contribution >= 4 is 17.6 Å². The second kappa shape index (κ2) is 17.1. The van der Waals surface area contributed by atoms with Crippen molar-refractivity contribution in [3.63, 3.8) is 0 Å². The lowest BCUT2D eigenvalue weighted by molar-refractivity contribution is -0.139. The molecule has 0 aliphatic carbocycles. The predicted molar refractivity (Wildman–Crippen MR) is 146 cm³/mol. The number of esters is 1. The number of rotatable bonds is 17. The molecule has 222 valence electrons. The van der Waals surface area contributed by atoms with Crippen LogP contribution in [0.2, 0.25) is 0 Å². The van der Waals surface area contributed by atoms with Gasteiger partial charge in [-0.15, -0.1) is 0 Å². The van der Waals surface area contributed by atoms with Crippen LogP contribution in [0.5, 0.6) is 11.5 Å². The SMILES string of the molecule is C=C(C)C(=O)OCCCCCCCCCCCOc1ccc(C=C(C#N)c2c(F)c(F)c(F)c(F)c2F)cc1OC. The Bertz CT molecular complexity index is 1260. The number of carbonyl (C=O) groups is 1. The van der Waals surface area contributed by atoms with E-state index in [9.17, 15) is 32.0 Å². The molecule has 0 unspecified atom stereocenters. The zero-order valence-corrected chi connectivity index (χ0v) is 23.3. The van der Waals surface area contributed by atoms with Crippen LogP contribution >= 0.6 is 0 Å². The second-order valence-corrected chi connectivity index (χ2v) is 9.47. The van der Waals surface area contributed by atoms with Crippen molar-refractivity contribution in [2.45, 2.75) is 64.7 Å². The molecule has 0 bridgehead atoms. The highest BCUT2D eigenvalue weighted by atomic mass is 19.2. The van der Waals surface area contributed by atoms with E-state index in [0.29, 0.717) is 24.5 Å². The molecule has 0 heterocycles. The van der Waals surface area contributed by atoms with Crippen LogP contribution < -0.4 is 9.47 Å². The lowest BCUT2D eigenvalue weighted by atomic mass is 10.0. The average molecular weight is 580 g/mol. The molecule has 2 rings (SSSR count). The minimum atomic E-state index is -2.29. The number of carbonyl (C=O) groups excluding carboxylic acids is 1. The largest absolute Gasteiger partial charge is 0.493 e. The third-order valence-electron chi connectivity index (χ3n) is 6.23. The molecule has 0 saturated heterocycles. The smallest absolute Gasteiger partial charge is 0.333 e. The lowest BCUT2D eigenvalue weighted by Gasteiger charge is -2.12. The van der Waals surface area contributed by atoms with E-state index in [4.69, 9.17) is 14.2 Å². The summed E-state index contributed by atoms with van der Waals surface area (Å²) in [5.41, 5.74) is -1.39. The first-order valence-electron chi connectivity index (χ1n) is 13.4. The molecule has 2 aromatic rings. The first-order valence-corrected chi connectivity index (χ1v) is 13.4. The number of halogens is 5. The minimum absolute atomic E-state index is 0.238. The summed E-state index contributed by atoms with van der Waals surface area (Å²) in [7, 11) is 1.39. The second-order valence-electron chi connectivity index (χ2n) is 9.47. The first kappa shape index (κ1) is 33.3. The van der Waals surface area contributed by atoms with E-state index in [1.54, 1.807) is 6.92 Å². The Labute approximate surface area is 237 Å². The van der Waals surface area contributed by atoms with E-state index >= 15 is 0 Å². The molecule has 0 saturated carbocycles. The van der Waals surface area contributed by atoms with Crippen molar-refractivity contribution in [3.8, 4) is 17.6 Å². The molecule has 0 aromatic heterocycles. The fourth-order valence-corrected chi connectivity index (χ4v) is 3.97. The third-order valence-corrected chi connectivity index (χ3v) is 6.23. The maximum Gasteiger partial charge on any atom is 0.333 e. The third kappa shape index (κ3) is 9.92. The van der Waals surface area contributed by atoms with Gasteiger partial charge in [0.15, 0.2) is 34.8 Å². The van der Waals surface area contributed by atoms with Crippen LogP contribution in [0.15, 0.2) is 30.4 Å². The molecule has 2 aromatic carbocycles. The summed E-state index contributed by atoms with van der Waals surface area (Å²) >= 11 is 0. The lowest BCUT2D eigenvalue weighted by Crippen LogP contribution is -2.06. The molecule has 0 aliphatic heterocycles. The highest BCUT2D eigenvalue weighted by molar-refractivity contribution is 5.90. The van der Waals surface area contributed by atoms with Gasteiger partial charge in [-0.25, -0.2) is 26.7 Å². The Morgan fingerprint density at radius 3 is 1.85 bits per heavy atom. The van der Waals surface area contributed by atoms with Crippen molar-refractivity contribution in [2.75, 3.05) is 20.3 Å². The Kier molecular flexibility index (Phi) is 13.9. The van der Waals surface area contributed by atoms with Crippen LogP contribution in [-0.2, 0) is 9.53 Å². The highest BCUT2D eigenvalue weighted by Crippen LogP contribution is 2.32. The maximum atomic E-state index is 14.2. The molecule has 0 aliphatic rings. The molecular formula is C31H34F5NO4. The van der Waals surface area contributed by atoms with Crippen LogP contribution in [-0.4, -0.2) is 26.3 Å². The molecule has 0 N–H and O–H groups in total. The number of nitrogens with zero attached hydrogens (tertiary/aromatic N) is 1. The van der Waals surface area contributed by atoms with Gasteiger partial charge in [-0.05, 0) is 43.5 Å². The van der Waals surface area contributed by atoms with Gasteiger partial charge in [-0.3, -0.25) is 0 Å². The van der Waals surface area contributed by atoms with E-state index in [-0.39, 0.29) is 17.3 Å². The number of benzene rings is 2. The van der Waals surface area contributed by atoms with E-state index in [2.05, 4.69) is 6.58 Å². The molecule has 0 fully saturated rings. The molecule has 41 heavy (non-hydrogen) atoms. The Morgan fingerprint density at radius 2 is 1.34 bits per heavy atom. The van der Waals surface area contributed by atoms with E-state index in [1.807, 2.05) is 0 Å². The normalized spacial score (nSPS) is 11.2. The van der Waals surface area contributed by atoms with Gasteiger partial charge in [0, 0.05) is 5.57 Å². The Morgan fingerprint density at radius 1 is 0.829 bits per heavy atom. The topological polar surface area (TPSA) is 68.5 Å². The number of ether oxygens (including phenoxy) is 3. The van der Waals surface area contributed by atoms with Gasteiger partial charge in [0.1, 0.15) is 0 Å². The Balaban J connectivity index is 1.79. The monoisotopic (exact) mass is 579 g/mol. The molecular weight excluding hydrogens is 545 g/mol. The maximum absolute atomic E-state index is 14.2. The zero-order chi connectivity index (χ0) is 30.4. The standard InChI is InChI=1S/C31H34F5NO4/c1-20(2)31(38)41-16-12-10-8-6-4-5-7-9-11-15-40-23-14-13-21(18-24(23)39-3)17-22(19-37)25-26(32)28(34)30(36)29(35)27(25)33/h13-14,17-18H,1,4-12,15-16H2,2-3H3. The fraction of sp³-hybridized carbons (Fsp3) is 0.419. The number of hydrogen-bond acceptors (Lipinski definition) is 5. The van der Waals surface area contributed by atoms with Gasteiger partial charge in [-0.2, -0.15) is 5.26 Å². The van der Waals surface area contributed by atoms with Gasteiger partial charge < -0.3 is 14.2 Å². The van der Waals surface area contributed by atoms with Crippen LogP contribution in [0.3, 0.4) is 0 Å². The van der Waals surface area contributed by atoms with Crippen molar-refractivity contribution in [2.24, 2.45) is 0 Å². The van der Waals surface area contributed by atoms with Gasteiger partial charge in [0.25, 0.3) is 0 Å². The van der Waals surface area contributed by atoms with Crippen molar-refractivity contribution in [1.82, 2.24) is 0 Å². The Hall–Kier alpha value is -3.87. The number of hydrogen-bond donors (Lipinski definition) is 0. The molecule has 0 amide bonds. The van der Waals surface area contributed by atoms with E-state index < -0.39 is 40.2 Å². The molecule has 0 radical (unpaired) electrons. The van der Waals surface area contributed by atoms with Gasteiger partial charge in [-0.1, -0.05) is 57.6 Å². The number of methoxy groups -OCH3 is 1. The number of nitriles is 1. The van der Waals surface area contributed by atoms with Gasteiger partial charge in [0.05, 0.1) is 37.5 Å². The predicted octanol–water partition coefficient (Wildman–Crippen LogP) is 8.46. The summed E-state index contributed by atoms with van der Waals surface area (Å²) in [6.07, 6.45) is 10.2. The van der Waals surface area contributed by atoms with Crippen molar-refractivity contribution in [1.29, 1.82) is 5.26 Å². The van der Waals surface area contributed by atoms with Crippen molar-refractivity contribution in [3.05, 3.63) is 70.6 Å². The van der Waals surface area contributed by atoms with E-state index in [0.717, 1.165) is 63.9 Å². The first-order chi connectivity index (χ1) is 19.6. The molecule has 0 atom stereocenters. The number of allylic oxidation sites excluding steroid dienone is 1. The average Bonchev–Trinajstić information content (AvgIpc) is 2.97. The number of unbranched alkanes of at least 4 members (excludes halogenated alkanes) is 8. The minimum Gasteiger partial charge on any atom is -0.493 e. The fourth-order valence-electron chi connectivity index (χ4n) is 3.97. The summed E-state index contributed by atoms with van der Waals surface area (Å²) in [6, 6.07) is 5.94. The van der Waals surface area contributed by atoms with Crippen LogP contribution in [0.4, 0.5) is 22.0 Å². The summed E-state index contributed by atoms with van der Waals surface area (Å²) in [6.45, 7) is 6.03. The van der Waals surface area contributed by atoms with Crippen LogP contribution in [0, 0.1) is 40.4 Å².